The van der Waals surface area contributed by atoms with Crippen LogP contribution in [-0.2, 0) is 6.42 Å². The van der Waals surface area contributed by atoms with Crippen molar-refractivity contribution in [2.75, 3.05) is 13.1 Å². The van der Waals surface area contributed by atoms with Crippen LogP contribution < -0.4 is 5.32 Å². The minimum Gasteiger partial charge on any atom is -0.317 e. The molecule has 3 heteroatoms. The summed E-state index contributed by atoms with van der Waals surface area (Å²) in [6.45, 7) is 8.94. The van der Waals surface area contributed by atoms with Crippen molar-refractivity contribution in [1.29, 1.82) is 0 Å². The van der Waals surface area contributed by atoms with Crippen LogP contribution in [-0.4, -0.2) is 18.1 Å². The maximum absolute atomic E-state index is 5.71. The fraction of sp³-hybridized carbons (Fsp3) is 0.688. The van der Waals surface area contributed by atoms with Gasteiger partial charge in [0.25, 0.3) is 0 Å². The number of nitrogens with one attached hydrogen (secondary N) is 1. The Morgan fingerprint density at radius 1 is 1.26 bits per heavy atom. The number of rotatable bonds is 3. The molecule has 19 heavy (non-hydrogen) atoms. The molecule has 1 N–H and O–H groups in total. The molecule has 1 saturated heterocycles. The topological polar surface area (TPSA) is 24.9 Å². The van der Waals surface area contributed by atoms with Gasteiger partial charge in [0.2, 0.25) is 0 Å². The van der Waals surface area contributed by atoms with Crippen LogP contribution >= 0.6 is 11.6 Å². The van der Waals surface area contributed by atoms with Gasteiger partial charge in [-0.2, -0.15) is 0 Å². The number of hydrogen-bond donors (Lipinski definition) is 1. The monoisotopic (exact) mass is 282 g/mol. The number of hydrogen-bond acceptors (Lipinski definition) is 2. The van der Waals surface area contributed by atoms with Crippen LogP contribution in [0.3, 0.4) is 0 Å². The van der Waals surface area contributed by atoms with Gasteiger partial charge in [-0.15, -0.1) is 0 Å². The van der Waals surface area contributed by atoms with Crippen molar-refractivity contribution in [1.82, 2.24) is 10.3 Å². The van der Waals surface area contributed by atoms with E-state index in [1.54, 1.807) is 0 Å². The summed E-state index contributed by atoms with van der Waals surface area (Å²) >= 11 is 5.71. The van der Waals surface area contributed by atoms with E-state index in [0.29, 0.717) is 5.15 Å². The zero-order valence-corrected chi connectivity index (χ0v) is 13.3. The highest BCUT2D eigenvalue weighted by Crippen LogP contribution is 2.14. The van der Waals surface area contributed by atoms with Crippen LogP contribution in [0.4, 0.5) is 0 Å². The largest absolute Gasteiger partial charge is 0.317 e. The normalized spacial score (nSPS) is 15.8. The Balaban J connectivity index is 0.000000200. The van der Waals surface area contributed by atoms with Gasteiger partial charge in [-0.05, 0) is 56.8 Å². The number of pyridine rings is 1. The summed E-state index contributed by atoms with van der Waals surface area (Å²) in [6.07, 6.45) is 6.43. The first-order valence-electron chi connectivity index (χ1n) is 7.50. The van der Waals surface area contributed by atoms with Gasteiger partial charge < -0.3 is 5.32 Å². The first kappa shape index (κ1) is 16.5. The quantitative estimate of drug-likeness (QED) is 0.832. The summed E-state index contributed by atoms with van der Waals surface area (Å²) in [6, 6.07) is 3.90. The number of halogens is 1. The van der Waals surface area contributed by atoms with Crippen LogP contribution in [0.2, 0.25) is 5.15 Å². The molecule has 0 amide bonds. The van der Waals surface area contributed by atoms with Gasteiger partial charge in [0.1, 0.15) is 5.15 Å². The molecule has 0 radical (unpaired) electrons. The first-order chi connectivity index (χ1) is 9.17. The van der Waals surface area contributed by atoms with Crippen LogP contribution in [0.25, 0.3) is 0 Å². The molecule has 108 valence electrons. The predicted molar refractivity (Wildman–Crippen MR) is 83.9 cm³/mol. The Kier molecular flexibility index (Phi) is 8.08. The molecule has 1 aromatic rings. The van der Waals surface area contributed by atoms with E-state index in [9.17, 15) is 0 Å². The average Bonchev–Trinajstić information content (AvgIpc) is 2.44. The minimum atomic E-state index is 0.586. The van der Waals surface area contributed by atoms with E-state index >= 15 is 0 Å². The van der Waals surface area contributed by atoms with Crippen molar-refractivity contribution in [3.63, 3.8) is 0 Å². The third kappa shape index (κ3) is 6.40. The summed E-state index contributed by atoms with van der Waals surface area (Å²) in [5, 5.41) is 3.93. The first-order valence-corrected chi connectivity index (χ1v) is 7.87. The second-order valence-corrected chi connectivity index (χ2v) is 5.62. The molecule has 0 spiro atoms. The molecule has 0 atom stereocenters. The van der Waals surface area contributed by atoms with Crippen molar-refractivity contribution in [3.05, 3.63) is 28.5 Å². The summed E-state index contributed by atoms with van der Waals surface area (Å²) in [5.74, 6) is 1.02. The molecular weight excluding hydrogens is 256 g/mol. The SMILES string of the molecule is CCC1CCNCC1.CCCc1ccc(Cl)nc1C. The Bertz CT molecular complexity index is 360. The summed E-state index contributed by atoms with van der Waals surface area (Å²) in [7, 11) is 0. The molecule has 0 saturated carbocycles. The molecular formula is C16H27ClN2. The lowest BCUT2D eigenvalue weighted by molar-refractivity contribution is 0.365. The lowest BCUT2D eigenvalue weighted by atomic mass is 9.96. The van der Waals surface area contributed by atoms with Gasteiger partial charge in [0.05, 0.1) is 0 Å². The third-order valence-electron chi connectivity index (χ3n) is 3.72. The maximum Gasteiger partial charge on any atom is 0.129 e. The van der Waals surface area contributed by atoms with E-state index in [2.05, 4.69) is 24.1 Å². The average molecular weight is 283 g/mol. The van der Waals surface area contributed by atoms with Gasteiger partial charge in [0.15, 0.2) is 0 Å². The molecule has 1 fully saturated rings. The fourth-order valence-corrected chi connectivity index (χ4v) is 2.57. The highest BCUT2D eigenvalue weighted by Gasteiger charge is 2.08. The van der Waals surface area contributed by atoms with Crippen molar-refractivity contribution >= 4 is 11.6 Å². The van der Waals surface area contributed by atoms with Crippen molar-refractivity contribution in [3.8, 4) is 0 Å². The third-order valence-corrected chi connectivity index (χ3v) is 3.93. The zero-order chi connectivity index (χ0) is 14.1. The summed E-state index contributed by atoms with van der Waals surface area (Å²) in [5.41, 5.74) is 2.36. The maximum atomic E-state index is 5.71. The number of aryl methyl sites for hydroxylation is 2. The molecule has 2 nitrogen and oxygen atoms in total. The molecule has 1 aliphatic rings. The van der Waals surface area contributed by atoms with E-state index < -0.39 is 0 Å². The Morgan fingerprint density at radius 2 is 1.95 bits per heavy atom. The van der Waals surface area contributed by atoms with Crippen molar-refractivity contribution in [2.45, 2.75) is 52.9 Å². The van der Waals surface area contributed by atoms with Crippen LogP contribution in [0.5, 0.6) is 0 Å². The second kappa shape index (κ2) is 9.33. The Labute approximate surface area is 123 Å². The molecule has 1 aliphatic heterocycles. The van der Waals surface area contributed by atoms with Crippen molar-refractivity contribution < 1.29 is 0 Å². The number of aromatic nitrogens is 1. The standard InChI is InChI=1S/C9H12ClN.C7H15N/c1-3-4-8-5-6-9(10)11-7(8)2;1-2-7-3-5-8-6-4-7/h5-6H,3-4H2,1-2H3;7-8H,2-6H2,1H3. The van der Waals surface area contributed by atoms with E-state index in [-0.39, 0.29) is 0 Å². The lowest BCUT2D eigenvalue weighted by Crippen LogP contribution is -2.27. The van der Waals surface area contributed by atoms with Crippen LogP contribution in [0.1, 0.15) is 50.8 Å². The molecule has 0 aliphatic carbocycles. The Hall–Kier alpha value is -0.600. The van der Waals surface area contributed by atoms with E-state index in [0.717, 1.165) is 24.5 Å². The highest BCUT2D eigenvalue weighted by atomic mass is 35.5. The van der Waals surface area contributed by atoms with Crippen LogP contribution in [0.15, 0.2) is 12.1 Å². The van der Waals surface area contributed by atoms with Gasteiger partial charge in [-0.3, -0.25) is 0 Å². The van der Waals surface area contributed by atoms with E-state index in [1.807, 2.05) is 19.1 Å². The predicted octanol–water partition coefficient (Wildman–Crippen LogP) is 4.39. The Morgan fingerprint density at radius 3 is 2.42 bits per heavy atom. The van der Waals surface area contributed by atoms with Gasteiger partial charge in [-0.1, -0.05) is 44.4 Å². The number of piperidine rings is 1. The molecule has 0 unspecified atom stereocenters. The van der Waals surface area contributed by atoms with Gasteiger partial charge in [-0.25, -0.2) is 4.98 Å². The molecule has 2 rings (SSSR count). The minimum absolute atomic E-state index is 0.586. The molecule has 1 aromatic heterocycles. The smallest absolute Gasteiger partial charge is 0.129 e. The highest BCUT2D eigenvalue weighted by molar-refractivity contribution is 6.29. The zero-order valence-electron chi connectivity index (χ0n) is 12.5. The lowest BCUT2D eigenvalue weighted by Gasteiger charge is -2.20. The van der Waals surface area contributed by atoms with E-state index in [1.165, 1.54) is 37.9 Å². The van der Waals surface area contributed by atoms with Crippen molar-refractivity contribution in [2.24, 2.45) is 5.92 Å². The molecule has 0 aromatic carbocycles. The van der Waals surface area contributed by atoms with Gasteiger partial charge >= 0.3 is 0 Å². The van der Waals surface area contributed by atoms with Crippen LogP contribution in [0, 0.1) is 12.8 Å². The summed E-state index contributed by atoms with van der Waals surface area (Å²) in [4.78, 5) is 4.16. The number of nitrogens with zero attached hydrogens (tertiary/aromatic N) is 1. The molecule has 0 bridgehead atoms. The molecule has 2 heterocycles. The summed E-state index contributed by atoms with van der Waals surface area (Å²) < 4.78 is 0. The van der Waals surface area contributed by atoms with E-state index in [4.69, 9.17) is 11.6 Å². The van der Waals surface area contributed by atoms with Gasteiger partial charge in [0, 0.05) is 5.69 Å². The fourth-order valence-electron chi connectivity index (χ4n) is 2.38. The second-order valence-electron chi connectivity index (χ2n) is 5.23.